The highest BCUT2D eigenvalue weighted by Gasteiger charge is 2.24. The van der Waals surface area contributed by atoms with Crippen LogP contribution in [0.4, 0.5) is 0 Å². The van der Waals surface area contributed by atoms with Crippen LogP contribution in [0.3, 0.4) is 0 Å². The molecule has 0 N–H and O–H groups in total. The average Bonchev–Trinajstić information content (AvgIpc) is 3.96. The molecule has 0 radical (unpaired) electrons. The van der Waals surface area contributed by atoms with Crippen molar-refractivity contribution in [3.8, 4) is 51.4 Å². The van der Waals surface area contributed by atoms with Crippen LogP contribution >= 0.6 is 22.7 Å². The molecule has 12 rings (SSSR count). The summed E-state index contributed by atoms with van der Waals surface area (Å²) < 4.78 is 6.82. The number of hydrogen-bond acceptors (Lipinski definition) is 7. The fourth-order valence-corrected chi connectivity index (χ4v) is 10.4. The van der Waals surface area contributed by atoms with Gasteiger partial charge in [-0.15, -0.1) is 22.7 Å². The number of para-hydroxylation sites is 3. The molecule has 0 bridgehead atoms. The summed E-state index contributed by atoms with van der Waals surface area (Å²) in [5.74, 6) is 2.31. The van der Waals surface area contributed by atoms with Gasteiger partial charge in [-0.3, -0.25) is 0 Å². The van der Waals surface area contributed by atoms with E-state index in [9.17, 15) is 0 Å². The molecule has 0 unspecified atom stereocenters. The molecule has 12 aromatic rings. The van der Waals surface area contributed by atoms with Crippen LogP contribution in [0.2, 0.25) is 0 Å². The van der Waals surface area contributed by atoms with E-state index >= 15 is 0 Å². The Balaban J connectivity index is 1.18. The minimum Gasteiger partial charge on any atom is -0.309 e. The van der Waals surface area contributed by atoms with E-state index in [0.29, 0.717) is 29.0 Å². The average molecular weight is 765 g/mol. The van der Waals surface area contributed by atoms with Crippen molar-refractivity contribution in [2.75, 3.05) is 0 Å². The van der Waals surface area contributed by atoms with Crippen molar-refractivity contribution in [1.82, 2.24) is 29.5 Å². The van der Waals surface area contributed by atoms with Gasteiger partial charge in [0.15, 0.2) is 23.3 Å². The fourth-order valence-electron chi connectivity index (χ4n) is 8.19. The van der Waals surface area contributed by atoms with Crippen LogP contribution in [0.5, 0.6) is 0 Å². The lowest BCUT2D eigenvalue weighted by molar-refractivity contribution is 1.06. The molecule has 0 amide bonds. The van der Waals surface area contributed by atoms with Crippen LogP contribution in [-0.4, -0.2) is 29.5 Å². The molecule has 266 valence electrons. The van der Waals surface area contributed by atoms with Crippen LogP contribution in [0.25, 0.3) is 114 Å². The number of fused-ring (bicyclic) bond motifs is 9. The molecule has 0 saturated heterocycles. The summed E-state index contributed by atoms with van der Waals surface area (Å²) in [6.07, 6.45) is 0. The second-order valence-electron chi connectivity index (χ2n) is 14.0. The molecular weight excluding hydrogens is 737 g/mol. The summed E-state index contributed by atoms with van der Waals surface area (Å²) in [6.45, 7) is 0. The third-order valence-corrected chi connectivity index (χ3v) is 13.0. The number of aromatic nitrogens is 6. The molecule has 0 aliphatic heterocycles. The Morgan fingerprint density at radius 3 is 1.82 bits per heavy atom. The van der Waals surface area contributed by atoms with Crippen molar-refractivity contribution in [1.29, 1.82) is 0 Å². The fraction of sp³-hybridized carbons (Fsp3) is 0. The first-order valence-electron chi connectivity index (χ1n) is 18.8. The molecule has 0 spiro atoms. The van der Waals surface area contributed by atoms with Gasteiger partial charge in [-0.2, -0.15) is 0 Å². The number of nitrogens with zero attached hydrogens (tertiary/aromatic N) is 6. The van der Waals surface area contributed by atoms with E-state index in [1.54, 1.807) is 22.7 Å². The van der Waals surface area contributed by atoms with Crippen molar-refractivity contribution < 1.29 is 0 Å². The number of thiophene rings is 2. The zero-order valence-corrected chi connectivity index (χ0v) is 31.8. The second-order valence-corrected chi connectivity index (χ2v) is 16.1. The van der Waals surface area contributed by atoms with Crippen LogP contribution in [0.1, 0.15) is 0 Å². The Kier molecular flexibility index (Phi) is 7.17. The van der Waals surface area contributed by atoms with Gasteiger partial charge in [0.05, 0.1) is 21.3 Å². The topological polar surface area (TPSA) is 69.4 Å². The van der Waals surface area contributed by atoms with Gasteiger partial charge in [0.1, 0.15) is 5.69 Å². The van der Waals surface area contributed by atoms with Gasteiger partial charge in [0.2, 0.25) is 0 Å². The monoisotopic (exact) mass is 764 g/mol. The quantitative estimate of drug-likeness (QED) is 0.175. The van der Waals surface area contributed by atoms with Gasteiger partial charge in [0.25, 0.3) is 0 Å². The summed E-state index contributed by atoms with van der Waals surface area (Å²) in [5.41, 5.74) is 7.60. The minimum absolute atomic E-state index is 0.506. The Bertz CT molecular complexity index is 3530. The second kappa shape index (κ2) is 12.7. The minimum atomic E-state index is 0.506. The smallest absolute Gasteiger partial charge is 0.184 e. The van der Waals surface area contributed by atoms with Crippen LogP contribution in [-0.2, 0) is 0 Å². The van der Waals surface area contributed by atoms with Gasteiger partial charge in [-0.05, 0) is 42.5 Å². The largest absolute Gasteiger partial charge is 0.309 e. The van der Waals surface area contributed by atoms with Crippen molar-refractivity contribution in [3.05, 3.63) is 170 Å². The zero-order chi connectivity index (χ0) is 37.5. The standard InChI is InChI=1S/C49H28N6S2/c1-3-15-29(16-4-1)46-52-47(35-23-14-28-40-41(35)33-20-8-11-26-38(33)56-40)54-49(53-46)43-45-42(34-21-9-12-27-39(34)57-45)50-48(51-43)36-24-13-22-32-31-19-7-10-25-37(31)55(44(32)36)30-17-5-2-6-18-30/h1-28H. The lowest BCUT2D eigenvalue weighted by Gasteiger charge is -2.13. The third-order valence-electron chi connectivity index (χ3n) is 10.7. The van der Waals surface area contributed by atoms with Gasteiger partial charge in [-0.25, -0.2) is 24.9 Å². The Morgan fingerprint density at radius 2 is 0.982 bits per heavy atom. The maximum atomic E-state index is 5.50. The molecule has 57 heavy (non-hydrogen) atoms. The number of rotatable bonds is 5. The van der Waals surface area contributed by atoms with E-state index in [1.165, 1.54) is 20.2 Å². The molecule has 6 nitrogen and oxygen atoms in total. The van der Waals surface area contributed by atoms with Crippen LogP contribution in [0.15, 0.2) is 170 Å². The zero-order valence-electron chi connectivity index (χ0n) is 30.2. The van der Waals surface area contributed by atoms with Gasteiger partial charge < -0.3 is 4.57 Å². The molecular formula is C49H28N6S2. The van der Waals surface area contributed by atoms with E-state index in [2.05, 4.69) is 144 Å². The molecule has 5 heterocycles. The molecule has 5 aromatic heterocycles. The first-order chi connectivity index (χ1) is 28.3. The Hall–Kier alpha value is -7.13. The molecule has 8 heteroatoms. The summed E-state index contributed by atoms with van der Waals surface area (Å²) in [7, 11) is 0. The van der Waals surface area contributed by atoms with E-state index < -0.39 is 0 Å². The molecule has 0 aliphatic carbocycles. The van der Waals surface area contributed by atoms with Gasteiger partial charge >= 0.3 is 0 Å². The van der Waals surface area contributed by atoms with E-state index in [-0.39, 0.29) is 0 Å². The highest BCUT2D eigenvalue weighted by Crippen LogP contribution is 2.43. The van der Waals surface area contributed by atoms with Gasteiger partial charge in [-0.1, -0.05) is 127 Å². The predicted octanol–water partition coefficient (Wildman–Crippen LogP) is 13.2. The van der Waals surface area contributed by atoms with E-state index in [1.807, 2.05) is 30.3 Å². The first kappa shape index (κ1) is 32.1. The maximum absolute atomic E-state index is 5.50. The van der Waals surface area contributed by atoms with Crippen LogP contribution in [0, 0.1) is 0 Å². The van der Waals surface area contributed by atoms with E-state index in [4.69, 9.17) is 24.9 Å². The maximum Gasteiger partial charge on any atom is 0.184 e. The first-order valence-corrected chi connectivity index (χ1v) is 20.4. The summed E-state index contributed by atoms with van der Waals surface area (Å²) in [6, 6.07) is 59.1. The molecule has 7 aromatic carbocycles. The summed E-state index contributed by atoms with van der Waals surface area (Å²) >= 11 is 3.46. The highest BCUT2D eigenvalue weighted by molar-refractivity contribution is 7.26. The normalized spacial score (nSPS) is 11.9. The lowest BCUT2D eigenvalue weighted by Crippen LogP contribution is -2.03. The molecule has 0 fully saturated rings. The predicted molar refractivity (Wildman–Crippen MR) is 237 cm³/mol. The Morgan fingerprint density at radius 1 is 0.386 bits per heavy atom. The highest BCUT2D eigenvalue weighted by atomic mass is 32.1. The van der Waals surface area contributed by atoms with Gasteiger partial charge in [0, 0.05) is 63.4 Å². The van der Waals surface area contributed by atoms with Crippen LogP contribution < -0.4 is 0 Å². The summed E-state index contributed by atoms with van der Waals surface area (Å²) in [5, 5.41) is 5.72. The van der Waals surface area contributed by atoms with Crippen molar-refractivity contribution in [2.24, 2.45) is 0 Å². The number of benzene rings is 7. The van der Waals surface area contributed by atoms with Crippen molar-refractivity contribution in [3.63, 3.8) is 0 Å². The SMILES string of the molecule is c1ccc(-c2nc(-c3nc(-c4cccc5c6ccccc6n(-c6ccccc6)c45)nc4c3sc3ccccc34)nc(-c3cccc4sc5ccccc5c34)n2)cc1. The lowest BCUT2D eigenvalue weighted by atomic mass is 10.1. The van der Waals surface area contributed by atoms with Crippen molar-refractivity contribution >= 4 is 85.0 Å². The summed E-state index contributed by atoms with van der Waals surface area (Å²) in [4.78, 5) is 26.7. The molecule has 0 aliphatic rings. The number of hydrogen-bond donors (Lipinski definition) is 0. The molecule has 0 saturated carbocycles. The molecule has 0 atom stereocenters. The van der Waals surface area contributed by atoms with E-state index in [0.717, 1.165) is 64.5 Å². The Labute approximate surface area is 334 Å². The third kappa shape index (κ3) is 5.05. The van der Waals surface area contributed by atoms with Crippen molar-refractivity contribution in [2.45, 2.75) is 0 Å².